The Morgan fingerprint density at radius 3 is 2.63 bits per heavy atom. The van der Waals surface area contributed by atoms with Crippen LogP contribution in [-0.2, 0) is 13.0 Å². The van der Waals surface area contributed by atoms with Crippen LogP contribution in [0.3, 0.4) is 0 Å². The highest BCUT2D eigenvalue weighted by molar-refractivity contribution is 5.37. The number of β-amino-alcohol motifs (C(OH)–C–C–N with tert-alkyl or cyclic N) is 1. The van der Waals surface area contributed by atoms with E-state index in [1.807, 2.05) is 30.6 Å². The van der Waals surface area contributed by atoms with Crippen molar-refractivity contribution in [1.82, 2.24) is 14.9 Å². The molecule has 4 rings (SSSR count). The molecule has 0 aliphatic carbocycles. The van der Waals surface area contributed by atoms with Crippen LogP contribution in [0.2, 0.25) is 0 Å². The predicted molar refractivity (Wildman–Crippen MR) is 117 cm³/mol. The van der Waals surface area contributed by atoms with Crippen molar-refractivity contribution in [1.29, 1.82) is 5.26 Å². The summed E-state index contributed by atoms with van der Waals surface area (Å²) >= 11 is 0. The Kier molecular flexibility index (Phi) is 6.31. The van der Waals surface area contributed by atoms with Gasteiger partial charge in [0.25, 0.3) is 0 Å². The number of aromatic nitrogens is 2. The average Bonchev–Trinajstić information content (AvgIpc) is 2.76. The first kappa shape index (κ1) is 20.8. The van der Waals surface area contributed by atoms with E-state index in [4.69, 9.17) is 0 Å². The molecule has 2 aliphatic heterocycles. The third-order valence-electron chi connectivity index (χ3n) is 6.59. The standard InChI is InChI=1S/C24H31N5O/c1-2-5-19-14-26-23(27-15-19)29-17-22(30)12-24(18-29)8-10-28(11-9-24)16-21-7-4-3-6-20(21)13-25/h3-4,6-7,14-15,22,30H,2,5,8-12,16-18H2,1H3. The number of aryl methyl sites for hydroxylation is 1. The first-order valence-corrected chi connectivity index (χ1v) is 11.0. The van der Waals surface area contributed by atoms with Gasteiger partial charge < -0.3 is 10.0 Å². The molecule has 2 aliphatic rings. The number of nitriles is 1. The number of nitrogens with zero attached hydrogens (tertiary/aromatic N) is 5. The molecule has 1 N–H and O–H groups in total. The Balaban J connectivity index is 1.40. The van der Waals surface area contributed by atoms with Crippen LogP contribution in [0.4, 0.5) is 5.95 Å². The molecule has 30 heavy (non-hydrogen) atoms. The Bertz CT molecular complexity index is 883. The molecule has 6 nitrogen and oxygen atoms in total. The van der Waals surface area contributed by atoms with Crippen LogP contribution in [0.1, 0.15) is 49.3 Å². The molecule has 6 heteroatoms. The summed E-state index contributed by atoms with van der Waals surface area (Å²) in [5.41, 5.74) is 3.14. The minimum atomic E-state index is -0.344. The van der Waals surface area contributed by atoms with E-state index in [1.54, 1.807) is 0 Å². The molecule has 158 valence electrons. The molecule has 2 fully saturated rings. The highest BCUT2D eigenvalue weighted by Gasteiger charge is 2.42. The topological polar surface area (TPSA) is 76.3 Å². The zero-order chi connectivity index (χ0) is 21.0. The van der Waals surface area contributed by atoms with Crippen LogP contribution in [0, 0.1) is 16.7 Å². The normalized spacial score (nSPS) is 21.5. The molecular formula is C24H31N5O. The molecule has 1 aromatic heterocycles. The molecule has 1 aromatic carbocycles. The first-order valence-electron chi connectivity index (χ1n) is 11.0. The van der Waals surface area contributed by atoms with Crippen molar-refractivity contribution in [2.24, 2.45) is 5.41 Å². The number of anilines is 1. The molecule has 1 spiro atoms. The van der Waals surface area contributed by atoms with Gasteiger partial charge in [0.1, 0.15) is 0 Å². The molecule has 2 saturated heterocycles. The summed E-state index contributed by atoms with van der Waals surface area (Å²) in [6, 6.07) is 10.2. The van der Waals surface area contributed by atoms with Crippen LogP contribution < -0.4 is 4.90 Å². The first-order chi connectivity index (χ1) is 14.6. The summed E-state index contributed by atoms with van der Waals surface area (Å²) in [6.07, 6.45) is 8.53. The lowest BCUT2D eigenvalue weighted by Gasteiger charge is -2.49. The second-order valence-electron chi connectivity index (χ2n) is 8.92. The van der Waals surface area contributed by atoms with E-state index in [2.05, 4.69) is 38.8 Å². The second kappa shape index (κ2) is 9.11. The quantitative estimate of drug-likeness (QED) is 0.824. The van der Waals surface area contributed by atoms with Crippen LogP contribution in [0.25, 0.3) is 0 Å². The molecule has 0 bridgehead atoms. The molecule has 0 amide bonds. The minimum Gasteiger partial charge on any atom is -0.391 e. The lowest BCUT2D eigenvalue weighted by molar-refractivity contribution is 0.0241. The van der Waals surface area contributed by atoms with Gasteiger partial charge in [0, 0.05) is 32.0 Å². The summed E-state index contributed by atoms with van der Waals surface area (Å²) in [7, 11) is 0. The van der Waals surface area contributed by atoms with Crippen molar-refractivity contribution in [2.45, 2.75) is 51.7 Å². The highest BCUT2D eigenvalue weighted by Crippen LogP contribution is 2.41. The average molecular weight is 406 g/mol. The number of hydrogen-bond acceptors (Lipinski definition) is 6. The molecule has 1 atom stereocenters. The number of likely N-dealkylation sites (tertiary alicyclic amines) is 1. The predicted octanol–water partition coefficient (Wildman–Crippen LogP) is 3.15. The summed E-state index contributed by atoms with van der Waals surface area (Å²) < 4.78 is 0. The largest absolute Gasteiger partial charge is 0.391 e. The fraction of sp³-hybridized carbons (Fsp3) is 0.542. The zero-order valence-corrected chi connectivity index (χ0v) is 17.8. The molecule has 2 aromatic rings. The van der Waals surface area contributed by atoms with Crippen molar-refractivity contribution in [2.75, 3.05) is 31.1 Å². The third kappa shape index (κ3) is 4.63. The fourth-order valence-electron chi connectivity index (χ4n) is 4.99. The van der Waals surface area contributed by atoms with E-state index in [0.717, 1.165) is 75.4 Å². The molecule has 3 heterocycles. The van der Waals surface area contributed by atoms with Gasteiger partial charge in [0.15, 0.2) is 0 Å². The van der Waals surface area contributed by atoms with Gasteiger partial charge in [0.05, 0.1) is 17.7 Å². The molecular weight excluding hydrogens is 374 g/mol. The van der Waals surface area contributed by atoms with E-state index >= 15 is 0 Å². The zero-order valence-electron chi connectivity index (χ0n) is 17.8. The van der Waals surface area contributed by atoms with E-state index in [9.17, 15) is 10.4 Å². The number of piperidine rings is 2. The van der Waals surface area contributed by atoms with Crippen LogP contribution in [-0.4, -0.2) is 52.3 Å². The maximum atomic E-state index is 10.6. The lowest BCUT2D eigenvalue weighted by Crippen LogP contribution is -2.54. The maximum absolute atomic E-state index is 10.6. The van der Waals surface area contributed by atoms with Crippen LogP contribution in [0.5, 0.6) is 0 Å². The third-order valence-corrected chi connectivity index (χ3v) is 6.59. The Morgan fingerprint density at radius 1 is 1.20 bits per heavy atom. The van der Waals surface area contributed by atoms with Gasteiger partial charge in [-0.1, -0.05) is 31.5 Å². The Morgan fingerprint density at radius 2 is 1.93 bits per heavy atom. The number of benzene rings is 1. The van der Waals surface area contributed by atoms with Gasteiger partial charge in [-0.25, -0.2) is 9.97 Å². The highest BCUT2D eigenvalue weighted by atomic mass is 16.3. The fourth-order valence-corrected chi connectivity index (χ4v) is 4.99. The number of aliphatic hydroxyl groups excluding tert-OH is 1. The molecule has 0 saturated carbocycles. The summed E-state index contributed by atoms with van der Waals surface area (Å²) in [5.74, 6) is 0.735. The summed E-state index contributed by atoms with van der Waals surface area (Å²) in [4.78, 5) is 13.8. The summed E-state index contributed by atoms with van der Waals surface area (Å²) in [5, 5.41) is 20.0. The van der Waals surface area contributed by atoms with Crippen LogP contribution >= 0.6 is 0 Å². The van der Waals surface area contributed by atoms with Gasteiger partial charge in [-0.15, -0.1) is 0 Å². The Labute approximate surface area is 179 Å². The van der Waals surface area contributed by atoms with E-state index in [1.165, 1.54) is 5.56 Å². The SMILES string of the molecule is CCCc1cnc(N2CC(O)CC3(CCN(Cc4ccccc4C#N)CC3)C2)nc1. The number of hydrogen-bond donors (Lipinski definition) is 1. The summed E-state index contributed by atoms with van der Waals surface area (Å²) in [6.45, 7) is 6.44. The van der Waals surface area contributed by atoms with E-state index in [0.29, 0.717) is 6.54 Å². The second-order valence-corrected chi connectivity index (χ2v) is 8.92. The van der Waals surface area contributed by atoms with Gasteiger partial charge in [-0.05, 0) is 61.4 Å². The van der Waals surface area contributed by atoms with Crippen molar-refractivity contribution in [3.8, 4) is 6.07 Å². The lowest BCUT2D eigenvalue weighted by atomic mass is 9.71. The minimum absolute atomic E-state index is 0.106. The van der Waals surface area contributed by atoms with Crippen molar-refractivity contribution >= 4 is 5.95 Å². The molecule has 1 unspecified atom stereocenters. The van der Waals surface area contributed by atoms with Crippen molar-refractivity contribution < 1.29 is 5.11 Å². The van der Waals surface area contributed by atoms with E-state index in [-0.39, 0.29) is 11.5 Å². The Hall–Kier alpha value is -2.49. The van der Waals surface area contributed by atoms with E-state index < -0.39 is 0 Å². The van der Waals surface area contributed by atoms with Gasteiger partial charge in [-0.3, -0.25) is 4.90 Å². The van der Waals surface area contributed by atoms with Gasteiger partial charge >= 0.3 is 0 Å². The van der Waals surface area contributed by atoms with Gasteiger partial charge in [-0.2, -0.15) is 5.26 Å². The smallest absolute Gasteiger partial charge is 0.225 e. The number of rotatable bonds is 5. The van der Waals surface area contributed by atoms with Crippen molar-refractivity contribution in [3.63, 3.8) is 0 Å². The molecule has 0 radical (unpaired) electrons. The number of aliphatic hydroxyl groups is 1. The van der Waals surface area contributed by atoms with Gasteiger partial charge in [0.2, 0.25) is 5.95 Å². The van der Waals surface area contributed by atoms with Crippen LogP contribution in [0.15, 0.2) is 36.7 Å². The monoisotopic (exact) mass is 405 g/mol. The van der Waals surface area contributed by atoms with Crippen molar-refractivity contribution in [3.05, 3.63) is 53.3 Å². The maximum Gasteiger partial charge on any atom is 0.225 e.